The van der Waals surface area contributed by atoms with Gasteiger partial charge in [0.15, 0.2) is 5.78 Å². The Bertz CT molecular complexity index is 930. The van der Waals surface area contributed by atoms with Crippen LogP contribution >= 0.6 is 11.8 Å². The number of hydrogen-bond acceptors (Lipinski definition) is 4. The Morgan fingerprint density at radius 3 is 2.40 bits per heavy atom. The Morgan fingerprint density at radius 2 is 1.68 bits per heavy atom. The van der Waals surface area contributed by atoms with Crippen LogP contribution in [0.1, 0.15) is 21.3 Å². The largest absolute Gasteiger partial charge is 0.497 e. The minimum Gasteiger partial charge on any atom is -0.497 e. The van der Waals surface area contributed by atoms with Crippen LogP contribution in [-0.2, 0) is 0 Å². The Morgan fingerprint density at radius 1 is 0.960 bits per heavy atom. The molecule has 126 valence electrons. The number of aromatic nitrogens is 1. The van der Waals surface area contributed by atoms with Crippen molar-refractivity contribution in [3.05, 3.63) is 72.1 Å². The van der Waals surface area contributed by atoms with Crippen LogP contribution in [0.15, 0.2) is 65.7 Å². The summed E-state index contributed by atoms with van der Waals surface area (Å²) in [7, 11) is 3.28. The lowest BCUT2D eigenvalue weighted by Crippen LogP contribution is -2.11. The van der Waals surface area contributed by atoms with E-state index in [1.54, 1.807) is 26.0 Å². The number of fused-ring (bicyclic) bond motifs is 3. The fourth-order valence-electron chi connectivity index (χ4n) is 3.02. The average molecular weight is 351 g/mol. The highest BCUT2D eigenvalue weighted by atomic mass is 32.2. The molecule has 3 aromatic rings. The molecule has 1 atom stereocenters. The molecule has 0 fully saturated rings. The summed E-state index contributed by atoms with van der Waals surface area (Å²) < 4.78 is 12.5. The maximum absolute atomic E-state index is 13.2. The second-order valence-corrected chi connectivity index (χ2v) is 6.88. The maximum atomic E-state index is 13.2. The van der Waals surface area contributed by atoms with Gasteiger partial charge in [-0.1, -0.05) is 12.1 Å². The molecule has 2 aromatic carbocycles. The van der Waals surface area contributed by atoms with E-state index >= 15 is 0 Å². The number of ketones is 1. The lowest BCUT2D eigenvalue weighted by Gasteiger charge is -2.14. The third-order valence-corrected chi connectivity index (χ3v) is 5.65. The molecule has 1 aliphatic heterocycles. The minimum absolute atomic E-state index is 0.0929. The molecule has 0 N–H and O–H groups in total. The number of carbonyl (C=O) groups excluding carboxylic acids is 1. The first-order valence-electron chi connectivity index (χ1n) is 7.92. The van der Waals surface area contributed by atoms with Gasteiger partial charge in [-0.2, -0.15) is 0 Å². The van der Waals surface area contributed by atoms with Gasteiger partial charge in [0.05, 0.1) is 30.9 Å². The normalized spacial score (nSPS) is 15.9. The second-order valence-electron chi connectivity index (χ2n) is 5.73. The average Bonchev–Trinajstić information content (AvgIpc) is 3.11. The molecule has 1 aliphatic rings. The van der Waals surface area contributed by atoms with Gasteiger partial charge in [-0.25, -0.2) is 0 Å². The Kier molecular flexibility index (Phi) is 4.01. The molecule has 0 radical (unpaired) electrons. The van der Waals surface area contributed by atoms with E-state index in [4.69, 9.17) is 9.47 Å². The Balaban J connectivity index is 1.84. The number of nitrogens with zero attached hydrogens (tertiary/aromatic N) is 1. The summed E-state index contributed by atoms with van der Waals surface area (Å²) in [4.78, 5) is 14.2. The molecule has 1 unspecified atom stereocenters. The van der Waals surface area contributed by atoms with E-state index in [0.29, 0.717) is 5.69 Å². The van der Waals surface area contributed by atoms with Crippen molar-refractivity contribution in [3.8, 4) is 17.2 Å². The zero-order valence-corrected chi connectivity index (χ0v) is 14.7. The number of carbonyl (C=O) groups is 1. The minimum atomic E-state index is -0.297. The standard InChI is InChI=1S/C20H17NO3S/c1-23-14-7-5-13(6-8-14)20-19(22)16-4-3-11-21(16)17-12-15(24-2)9-10-18(17)25-20/h3-12,20H,1-2H3. The zero-order valence-electron chi connectivity index (χ0n) is 13.9. The van der Waals surface area contributed by atoms with Gasteiger partial charge in [0.2, 0.25) is 0 Å². The van der Waals surface area contributed by atoms with Gasteiger partial charge in [0.1, 0.15) is 11.5 Å². The van der Waals surface area contributed by atoms with Crippen LogP contribution in [-0.4, -0.2) is 24.6 Å². The van der Waals surface area contributed by atoms with Crippen LogP contribution in [0.25, 0.3) is 5.69 Å². The Hall–Kier alpha value is -2.66. The molecule has 1 aromatic heterocycles. The van der Waals surface area contributed by atoms with Crippen LogP contribution < -0.4 is 9.47 Å². The first kappa shape index (κ1) is 15.8. The fraction of sp³-hybridized carbons (Fsp3) is 0.150. The van der Waals surface area contributed by atoms with Crippen molar-refractivity contribution in [1.82, 2.24) is 4.57 Å². The number of ether oxygens (including phenoxy) is 2. The SMILES string of the molecule is COc1ccc(C2Sc3ccc(OC)cc3-n3cccc3C2=O)cc1. The summed E-state index contributed by atoms with van der Waals surface area (Å²) >= 11 is 1.57. The molecular weight excluding hydrogens is 334 g/mol. The van der Waals surface area contributed by atoms with E-state index in [2.05, 4.69) is 0 Å². The Labute approximate surface area is 150 Å². The van der Waals surface area contributed by atoms with Gasteiger partial charge >= 0.3 is 0 Å². The molecule has 0 spiro atoms. The third kappa shape index (κ3) is 2.70. The molecule has 4 nitrogen and oxygen atoms in total. The number of Topliss-reactive ketones (excluding diaryl/α,β-unsaturated/α-hetero) is 1. The van der Waals surface area contributed by atoms with Crippen molar-refractivity contribution in [1.29, 1.82) is 0 Å². The predicted molar refractivity (Wildman–Crippen MR) is 98.2 cm³/mol. The number of rotatable bonds is 3. The van der Waals surface area contributed by atoms with Crippen molar-refractivity contribution in [2.24, 2.45) is 0 Å². The van der Waals surface area contributed by atoms with E-state index in [1.807, 2.05) is 65.4 Å². The van der Waals surface area contributed by atoms with Crippen molar-refractivity contribution in [2.45, 2.75) is 10.1 Å². The molecule has 4 rings (SSSR count). The van der Waals surface area contributed by atoms with Crippen LogP contribution in [0.4, 0.5) is 0 Å². The van der Waals surface area contributed by atoms with Crippen molar-refractivity contribution >= 4 is 17.5 Å². The van der Waals surface area contributed by atoms with E-state index in [-0.39, 0.29) is 11.0 Å². The molecule has 0 aliphatic carbocycles. The molecule has 5 heteroatoms. The smallest absolute Gasteiger partial charge is 0.197 e. The van der Waals surface area contributed by atoms with Crippen LogP contribution in [0, 0.1) is 0 Å². The molecular formula is C20H17NO3S. The number of hydrogen-bond donors (Lipinski definition) is 0. The summed E-state index contributed by atoms with van der Waals surface area (Å²) in [5.41, 5.74) is 2.61. The van der Waals surface area contributed by atoms with Crippen LogP contribution in [0.3, 0.4) is 0 Å². The first-order chi connectivity index (χ1) is 12.2. The lowest BCUT2D eigenvalue weighted by molar-refractivity contribution is 0.0983. The topological polar surface area (TPSA) is 40.5 Å². The van der Waals surface area contributed by atoms with E-state index in [9.17, 15) is 4.79 Å². The van der Waals surface area contributed by atoms with Crippen molar-refractivity contribution in [2.75, 3.05) is 14.2 Å². The van der Waals surface area contributed by atoms with Gasteiger partial charge in [-0.05, 0) is 42.0 Å². The van der Waals surface area contributed by atoms with Crippen LogP contribution in [0.2, 0.25) is 0 Å². The summed E-state index contributed by atoms with van der Waals surface area (Å²) in [5, 5.41) is -0.297. The van der Waals surface area contributed by atoms with E-state index < -0.39 is 0 Å². The highest BCUT2D eigenvalue weighted by Crippen LogP contribution is 2.44. The first-order valence-corrected chi connectivity index (χ1v) is 8.80. The molecule has 0 saturated carbocycles. The summed E-state index contributed by atoms with van der Waals surface area (Å²) in [6.07, 6.45) is 1.92. The van der Waals surface area contributed by atoms with E-state index in [1.165, 1.54) is 0 Å². The van der Waals surface area contributed by atoms with Crippen molar-refractivity contribution in [3.63, 3.8) is 0 Å². The summed E-state index contributed by atoms with van der Waals surface area (Å²) in [5.74, 6) is 1.65. The zero-order chi connectivity index (χ0) is 17.4. The van der Waals surface area contributed by atoms with Gasteiger partial charge in [0.25, 0.3) is 0 Å². The molecule has 0 saturated heterocycles. The molecule has 0 bridgehead atoms. The van der Waals surface area contributed by atoms with Gasteiger partial charge < -0.3 is 14.0 Å². The summed E-state index contributed by atoms with van der Waals surface area (Å²) in [6.45, 7) is 0. The van der Waals surface area contributed by atoms with Gasteiger partial charge in [0, 0.05) is 17.2 Å². The quantitative estimate of drug-likeness (QED) is 0.695. The van der Waals surface area contributed by atoms with Gasteiger partial charge in [-0.3, -0.25) is 4.79 Å². The molecule has 0 amide bonds. The fourth-order valence-corrected chi connectivity index (χ4v) is 4.22. The molecule has 2 heterocycles. The number of benzene rings is 2. The van der Waals surface area contributed by atoms with Crippen molar-refractivity contribution < 1.29 is 14.3 Å². The summed E-state index contributed by atoms with van der Waals surface area (Å²) in [6, 6.07) is 17.4. The van der Waals surface area contributed by atoms with E-state index in [0.717, 1.165) is 27.6 Å². The highest BCUT2D eigenvalue weighted by Gasteiger charge is 2.30. The maximum Gasteiger partial charge on any atom is 0.197 e. The molecule has 25 heavy (non-hydrogen) atoms. The second kappa shape index (κ2) is 6.33. The monoisotopic (exact) mass is 351 g/mol. The number of methoxy groups -OCH3 is 2. The highest BCUT2D eigenvalue weighted by molar-refractivity contribution is 8.00. The predicted octanol–water partition coefficient (Wildman–Crippen LogP) is 4.52. The third-order valence-electron chi connectivity index (χ3n) is 4.33. The van der Waals surface area contributed by atoms with Gasteiger partial charge in [-0.15, -0.1) is 11.8 Å². The number of thioether (sulfide) groups is 1. The lowest BCUT2D eigenvalue weighted by atomic mass is 10.1. The van der Waals surface area contributed by atoms with Crippen LogP contribution in [0.5, 0.6) is 11.5 Å².